The molecule has 1 aliphatic rings. The molecule has 90 valence electrons. The third-order valence-corrected chi connectivity index (χ3v) is 4.58. The van der Waals surface area contributed by atoms with Crippen LogP contribution in [0, 0.1) is 17.2 Å². The average Bonchev–Trinajstić information content (AvgIpc) is 2.24. The maximum Gasteiger partial charge on any atom is 0.154 e. The normalized spacial score (nSPS) is 16.2. The summed E-state index contributed by atoms with van der Waals surface area (Å²) in [4.78, 5) is 0. The lowest BCUT2D eigenvalue weighted by Gasteiger charge is -2.26. The minimum atomic E-state index is -3.04. The van der Waals surface area contributed by atoms with Gasteiger partial charge in [0.05, 0.1) is 23.1 Å². The molecule has 1 fully saturated rings. The van der Waals surface area contributed by atoms with E-state index in [4.69, 9.17) is 5.26 Å². The summed E-state index contributed by atoms with van der Waals surface area (Å²) < 4.78 is 23.7. The first kappa shape index (κ1) is 12.1. The molecule has 0 aliphatic carbocycles. The van der Waals surface area contributed by atoms with E-state index in [-0.39, 0.29) is 17.4 Å². The Labute approximate surface area is 101 Å². The zero-order valence-corrected chi connectivity index (χ0v) is 10.2. The standard InChI is InChI=1S/C12H14N2O2S/c13-5-10-1-3-11(4-2-10)8-17(15,16)9-12-6-14-7-12/h1-4,12,14H,6-9H2. The topological polar surface area (TPSA) is 70.0 Å². The number of hydrogen-bond acceptors (Lipinski definition) is 4. The first-order valence-electron chi connectivity index (χ1n) is 5.49. The van der Waals surface area contributed by atoms with Crippen LogP contribution in [0.2, 0.25) is 0 Å². The zero-order chi connectivity index (χ0) is 12.3. The van der Waals surface area contributed by atoms with Gasteiger partial charge in [-0.3, -0.25) is 0 Å². The first-order chi connectivity index (χ1) is 8.09. The smallest absolute Gasteiger partial charge is 0.154 e. The predicted octanol–water partition coefficient (Wildman–Crippen LogP) is 0.692. The molecule has 0 unspecified atom stereocenters. The quantitative estimate of drug-likeness (QED) is 0.853. The Morgan fingerprint density at radius 1 is 1.29 bits per heavy atom. The van der Waals surface area contributed by atoms with Gasteiger partial charge >= 0.3 is 0 Å². The Morgan fingerprint density at radius 2 is 1.94 bits per heavy atom. The summed E-state index contributed by atoms with van der Waals surface area (Å²) in [5.74, 6) is 0.577. The molecule has 0 amide bonds. The minimum Gasteiger partial charge on any atom is -0.316 e. The van der Waals surface area contributed by atoms with Crippen LogP contribution in [-0.4, -0.2) is 27.3 Å². The number of nitrogens with one attached hydrogen (secondary N) is 1. The van der Waals surface area contributed by atoms with Crippen LogP contribution in [0.4, 0.5) is 0 Å². The summed E-state index contributed by atoms with van der Waals surface area (Å²) >= 11 is 0. The number of nitriles is 1. The fourth-order valence-corrected chi connectivity index (χ4v) is 3.59. The van der Waals surface area contributed by atoms with Crippen molar-refractivity contribution in [1.82, 2.24) is 5.32 Å². The summed E-state index contributed by atoms with van der Waals surface area (Å²) in [6.45, 7) is 1.60. The van der Waals surface area contributed by atoms with Gasteiger partial charge in [0.2, 0.25) is 0 Å². The van der Waals surface area contributed by atoms with Crippen LogP contribution in [0.1, 0.15) is 11.1 Å². The van der Waals surface area contributed by atoms with Gasteiger partial charge < -0.3 is 5.32 Å². The number of benzene rings is 1. The molecule has 0 spiro atoms. The number of rotatable bonds is 4. The molecule has 1 saturated heterocycles. The summed E-state index contributed by atoms with van der Waals surface area (Å²) in [6.07, 6.45) is 0. The Hall–Kier alpha value is -1.38. The van der Waals surface area contributed by atoms with Gasteiger partial charge in [-0.15, -0.1) is 0 Å². The fourth-order valence-electron chi connectivity index (χ4n) is 1.81. The molecule has 1 N–H and O–H groups in total. The molecule has 1 heterocycles. The van der Waals surface area contributed by atoms with Crippen molar-refractivity contribution in [3.05, 3.63) is 35.4 Å². The highest BCUT2D eigenvalue weighted by atomic mass is 32.2. The molecule has 0 bridgehead atoms. The molecule has 1 aromatic rings. The highest BCUT2D eigenvalue weighted by Gasteiger charge is 2.24. The molecule has 1 aliphatic heterocycles. The molecule has 0 atom stereocenters. The third kappa shape index (κ3) is 3.29. The highest BCUT2D eigenvalue weighted by Crippen LogP contribution is 2.13. The Morgan fingerprint density at radius 3 is 2.41 bits per heavy atom. The van der Waals surface area contributed by atoms with Gasteiger partial charge in [-0.05, 0) is 23.6 Å². The molecule has 1 aromatic carbocycles. The van der Waals surface area contributed by atoms with Crippen LogP contribution >= 0.6 is 0 Å². The SMILES string of the molecule is N#Cc1ccc(CS(=O)(=O)CC2CNC2)cc1. The van der Waals surface area contributed by atoms with E-state index in [1.54, 1.807) is 24.3 Å². The highest BCUT2D eigenvalue weighted by molar-refractivity contribution is 7.90. The maximum atomic E-state index is 11.9. The van der Waals surface area contributed by atoms with Crippen LogP contribution in [-0.2, 0) is 15.6 Å². The predicted molar refractivity (Wildman–Crippen MR) is 65.0 cm³/mol. The monoisotopic (exact) mass is 250 g/mol. The van der Waals surface area contributed by atoms with Crippen molar-refractivity contribution < 1.29 is 8.42 Å². The third-order valence-electron chi connectivity index (χ3n) is 2.83. The molecular formula is C12H14N2O2S. The summed E-state index contributed by atoms with van der Waals surface area (Å²) in [5, 5.41) is 11.7. The van der Waals surface area contributed by atoms with Crippen LogP contribution in [0.5, 0.6) is 0 Å². The van der Waals surface area contributed by atoms with Crippen LogP contribution in [0.15, 0.2) is 24.3 Å². The van der Waals surface area contributed by atoms with E-state index in [9.17, 15) is 8.42 Å². The van der Waals surface area contributed by atoms with E-state index in [0.717, 1.165) is 18.7 Å². The van der Waals surface area contributed by atoms with Gasteiger partial charge in [0.25, 0.3) is 0 Å². The molecule has 4 nitrogen and oxygen atoms in total. The second-order valence-electron chi connectivity index (χ2n) is 4.39. The Bertz CT molecular complexity index is 525. The van der Waals surface area contributed by atoms with Gasteiger partial charge in [-0.1, -0.05) is 12.1 Å². The van der Waals surface area contributed by atoms with Crippen molar-refractivity contribution in [3.63, 3.8) is 0 Å². The van der Waals surface area contributed by atoms with Crippen molar-refractivity contribution in [1.29, 1.82) is 5.26 Å². The Balaban J connectivity index is 2.01. The first-order valence-corrected chi connectivity index (χ1v) is 7.31. The van der Waals surface area contributed by atoms with E-state index >= 15 is 0 Å². The minimum absolute atomic E-state index is 0.0647. The van der Waals surface area contributed by atoms with Crippen molar-refractivity contribution in [2.24, 2.45) is 5.92 Å². The van der Waals surface area contributed by atoms with E-state index in [1.807, 2.05) is 6.07 Å². The summed E-state index contributed by atoms with van der Waals surface area (Å²) in [7, 11) is -3.04. The van der Waals surface area contributed by atoms with Gasteiger partial charge in [0.15, 0.2) is 9.84 Å². The lowest BCUT2D eigenvalue weighted by atomic mass is 10.1. The van der Waals surface area contributed by atoms with Gasteiger partial charge in [0, 0.05) is 13.1 Å². The molecule has 0 radical (unpaired) electrons. The Kier molecular flexibility index (Phi) is 3.46. The summed E-state index contributed by atoms with van der Waals surface area (Å²) in [5.41, 5.74) is 1.30. The van der Waals surface area contributed by atoms with Crippen LogP contribution < -0.4 is 5.32 Å². The molecule has 0 aromatic heterocycles. The van der Waals surface area contributed by atoms with E-state index in [2.05, 4.69) is 5.32 Å². The molecule has 2 rings (SSSR count). The largest absolute Gasteiger partial charge is 0.316 e. The van der Waals surface area contributed by atoms with E-state index < -0.39 is 9.84 Å². The van der Waals surface area contributed by atoms with Gasteiger partial charge in [-0.25, -0.2) is 8.42 Å². The van der Waals surface area contributed by atoms with Crippen molar-refractivity contribution >= 4 is 9.84 Å². The second-order valence-corrected chi connectivity index (χ2v) is 6.50. The van der Waals surface area contributed by atoms with Gasteiger partial charge in [0.1, 0.15) is 0 Å². The number of hydrogen-bond donors (Lipinski definition) is 1. The maximum absolute atomic E-state index is 11.9. The lowest BCUT2D eigenvalue weighted by Crippen LogP contribution is -2.45. The lowest BCUT2D eigenvalue weighted by molar-refractivity contribution is 0.378. The molecule has 0 saturated carbocycles. The van der Waals surface area contributed by atoms with Crippen molar-refractivity contribution in [2.45, 2.75) is 5.75 Å². The van der Waals surface area contributed by atoms with E-state index in [1.165, 1.54) is 0 Å². The summed E-state index contributed by atoms with van der Waals surface area (Å²) in [6, 6.07) is 8.71. The van der Waals surface area contributed by atoms with Crippen LogP contribution in [0.25, 0.3) is 0 Å². The zero-order valence-electron chi connectivity index (χ0n) is 9.39. The van der Waals surface area contributed by atoms with Crippen molar-refractivity contribution in [3.8, 4) is 6.07 Å². The van der Waals surface area contributed by atoms with E-state index in [0.29, 0.717) is 5.56 Å². The molecular weight excluding hydrogens is 236 g/mol. The van der Waals surface area contributed by atoms with Gasteiger partial charge in [-0.2, -0.15) is 5.26 Å². The number of sulfone groups is 1. The second kappa shape index (κ2) is 4.86. The average molecular weight is 250 g/mol. The van der Waals surface area contributed by atoms with Crippen LogP contribution in [0.3, 0.4) is 0 Å². The number of nitrogens with zero attached hydrogens (tertiary/aromatic N) is 1. The van der Waals surface area contributed by atoms with Crippen molar-refractivity contribution in [2.75, 3.05) is 18.8 Å². The molecule has 5 heteroatoms. The molecule has 17 heavy (non-hydrogen) atoms. The fraction of sp³-hybridized carbons (Fsp3) is 0.417.